The molecule has 0 saturated heterocycles. The van der Waals surface area contributed by atoms with E-state index in [1.807, 2.05) is 0 Å². The van der Waals surface area contributed by atoms with Gasteiger partial charge in [0.15, 0.2) is 6.10 Å². The topological polar surface area (TPSA) is 72.8 Å². The Balaban J connectivity index is 3.55. The minimum absolute atomic E-state index is 0.0810. The number of carbonyl (C=O) groups excluding carboxylic acids is 2. The van der Waals surface area contributed by atoms with E-state index < -0.39 is 6.10 Å². The zero-order valence-electron chi connectivity index (χ0n) is 59.1. The van der Waals surface area contributed by atoms with Crippen molar-refractivity contribution in [3.05, 3.63) is 146 Å². The molecule has 5 nitrogen and oxygen atoms in total. The Kier molecular flexibility index (Phi) is 75.3. The van der Waals surface area contributed by atoms with E-state index in [1.54, 1.807) is 0 Å². The Morgan fingerprint density at radius 1 is 0.267 bits per heavy atom. The van der Waals surface area contributed by atoms with Gasteiger partial charge in [0.05, 0.1) is 6.61 Å². The molecule has 0 aromatic heterocycles. The summed E-state index contributed by atoms with van der Waals surface area (Å²) in [6.07, 6.45) is 119. The Morgan fingerprint density at radius 3 is 0.722 bits per heavy atom. The van der Waals surface area contributed by atoms with Crippen LogP contribution in [0.2, 0.25) is 0 Å². The molecule has 90 heavy (non-hydrogen) atoms. The molecule has 5 heteroatoms. The SMILES string of the molecule is CC/C=C\C/C=C\C/C=C\C/C=C\C/C=C\C/C=C\C/C=C\C/C=C\C/C=C\C/C=C\C/C=C\C/C=C\CCCCCCC(=O)OC(CO)COC(=O)CCCCCCCCCCCCCCCCCCCCCCCCCCCCCCCCCCCCC. The highest BCUT2D eigenvalue weighted by Gasteiger charge is 2.16. The van der Waals surface area contributed by atoms with Crippen molar-refractivity contribution in [2.75, 3.05) is 13.2 Å². The number of ether oxygens (including phenoxy) is 2. The second-order valence-corrected chi connectivity index (χ2v) is 25.4. The first kappa shape index (κ1) is 85.8. The maximum absolute atomic E-state index is 12.4. The number of aliphatic hydroxyl groups is 1. The first-order chi connectivity index (χ1) is 44.6. The lowest BCUT2D eigenvalue weighted by atomic mass is 10.0. The molecule has 0 saturated carbocycles. The van der Waals surface area contributed by atoms with Crippen LogP contribution in [0.5, 0.6) is 0 Å². The van der Waals surface area contributed by atoms with Crippen molar-refractivity contribution < 1.29 is 24.2 Å². The number of rotatable bonds is 70. The van der Waals surface area contributed by atoms with Crippen LogP contribution in [-0.4, -0.2) is 36.4 Å². The molecule has 0 radical (unpaired) electrons. The van der Waals surface area contributed by atoms with Crippen LogP contribution in [-0.2, 0) is 19.1 Å². The van der Waals surface area contributed by atoms with Gasteiger partial charge in [-0.2, -0.15) is 0 Å². The predicted octanol–water partition coefficient (Wildman–Crippen LogP) is 27.2. The molecule has 0 aliphatic heterocycles. The number of esters is 2. The minimum atomic E-state index is -0.796. The zero-order chi connectivity index (χ0) is 64.7. The average molecular weight is 1250 g/mol. The van der Waals surface area contributed by atoms with Gasteiger partial charge in [0.1, 0.15) is 6.61 Å². The molecule has 0 aliphatic rings. The average Bonchev–Trinajstić information content (AvgIpc) is 3.60. The number of hydrogen-bond donors (Lipinski definition) is 1. The lowest BCUT2D eigenvalue weighted by Gasteiger charge is -2.15. The summed E-state index contributed by atoms with van der Waals surface area (Å²) in [6, 6.07) is 0. The lowest BCUT2D eigenvalue weighted by Crippen LogP contribution is -2.28. The van der Waals surface area contributed by atoms with E-state index in [1.165, 1.54) is 205 Å². The molecule has 1 N–H and O–H groups in total. The highest BCUT2D eigenvalue weighted by molar-refractivity contribution is 5.70. The Hall–Kier alpha value is -4.22. The number of allylic oxidation sites excluding steroid dienone is 24. The molecular weight excluding hydrogens is 1100 g/mol. The van der Waals surface area contributed by atoms with Crippen LogP contribution < -0.4 is 0 Å². The van der Waals surface area contributed by atoms with Gasteiger partial charge in [-0.1, -0.05) is 391 Å². The second kappa shape index (κ2) is 79.0. The fourth-order valence-corrected chi connectivity index (χ4v) is 11.0. The third kappa shape index (κ3) is 76.2. The van der Waals surface area contributed by atoms with Gasteiger partial charge in [-0.25, -0.2) is 0 Å². The van der Waals surface area contributed by atoms with Crippen molar-refractivity contribution in [1.29, 1.82) is 0 Å². The van der Waals surface area contributed by atoms with E-state index in [9.17, 15) is 14.7 Å². The van der Waals surface area contributed by atoms with Gasteiger partial charge < -0.3 is 14.6 Å². The third-order valence-electron chi connectivity index (χ3n) is 16.6. The molecule has 0 amide bonds. The fourth-order valence-electron chi connectivity index (χ4n) is 11.0. The van der Waals surface area contributed by atoms with Crippen molar-refractivity contribution in [2.45, 2.75) is 367 Å². The highest BCUT2D eigenvalue weighted by Crippen LogP contribution is 2.18. The first-order valence-electron chi connectivity index (χ1n) is 38.4. The molecule has 514 valence electrons. The van der Waals surface area contributed by atoms with Gasteiger partial charge in [0, 0.05) is 12.8 Å². The van der Waals surface area contributed by atoms with Crippen LogP contribution in [0.3, 0.4) is 0 Å². The Bertz CT molecular complexity index is 1850. The van der Waals surface area contributed by atoms with Crippen LogP contribution in [0.4, 0.5) is 0 Å². The van der Waals surface area contributed by atoms with E-state index >= 15 is 0 Å². The van der Waals surface area contributed by atoms with Crippen LogP contribution in [0, 0.1) is 0 Å². The summed E-state index contributed by atoms with van der Waals surface area (Å²) in [6.45, 7) is 4.04. The van der Waals surface area contributed by atoms with Gasteiger partial charge in [0.2, 0.25) is 0 Å². The van der Waals surface area contributed by atoms with Crippen molar-refractivity contribution >= 4 is 11.9 Å². The van der Waals surface area contributed by atoms with Crippen LogP contribution in [0.15, 0.2) is 146 Å². The molecular formula is C85H144O5. The summed E-state index contributed by atoms with van der Waals surface area (Å²) >= 11 is 0. The third-order valence-corrected chi connectivity index (χ3v) is 16.6. The standard InChI is InChI=1S/C85H144O5/c1-3-5-7-9-11-13-15-17-19-21-23-25-27-29-31-33-35-37-39-40-41-42-43-44-46-48-50-52-54-56-58-60-62-64-66-68-70-72-74-76-78-80-85(88)90-83(81-86)82-89-84(87)79-77-75-73-71-69-67-65-63-61-59-57-55-53-51-49-47-45-38-36-34-32-30-28-26-24-22-20-18-16-14-12-10-8-6-4-2/h5,7,11,13,17,19,23,25,29,31,35,37,40-41,43-44,48,50,54,56,60,62,66,68,83,86H,3-4,6,8-10,12,14-16,18,20-22,24,26-28,30,32-34,36,38-39,42,45-47,49,51-53,55,57-59,61,63-65,67,69-82H2,1-2H3/b7-5-,13-11-,19-17-,25-23-,31-29-,37-35-,41-40-,44-43-,50-48-,56-54-,62-60-,68-66-. The number of carbonyl (C=O) groups is 2. The molecule has 1 unspecified atom stereocenters. The molecule has 0 heterocycles. The van der Waals surface area contributed by atoms with Crippen LogP contribution in [0.25, 0.3) is 0 Å². The maximum Gasteiger partial charge on any atom is 0.306 e. The number of hydrogen-bond acceptors (Lipinski definition) is 5. The molecule has 0 fully saturated rings. The van der Waals surface area contributed by atoms with Crippen molar-refractivity contribution in [3.8, 4) is 0 Å². The largest absolute Gasteiger partial charge is 0.462 e. The van der Waals surface area contributed by atoms with E-state index in [2.05, 4.69) is 160 Å². The molecule has 0 aliphatic carbocycles. The number of unbranched alkanes of at least 4 members (excludes halogenated alkanes) is 38. The maximum atomic E-state index is 12.4. The van der Waals surface area contributed by atoms with E-state index in [0.29, 0.717) is 12.8 Å². The number of aliphatic hydroxyl groups excluding tert-OH is 1. The normalized spacial score (nSPS) is 13.1. The predicted molar refractivity (Wildman–Crippen MR) is 398 cm³/mol. The van der Waals surface area contributed by atoms with Crippen molar-refractivity contribution in [3.63, 3.8) is 0 Å². The van der Waals surface area contributed by atoms with E-state index in [0.717, 1.165) is 128 Å². The summed E-state index contributed by atoms with van der Waals surface area (Å²) in [4.78, 5) is 24.7. The molecule has 0 aromatic carbocycles. The highest BCUT2D eigenvalue weighted by atomic mass is 16.6. The minimum Gasteiger partial charge on any atom is -0.462 e. The van der Waals surface area contributed by atoms with E-state index in [-0.39, 0.29) is 25.2 Å². The summed E-state index contributed by atoms with van der Waals surface area (Å²) in [5, 5.41) is 9.71. The Morgan fingerprint density at radius 2 is 0.478 bits per heavy atom. The van der Waals surface area contributed by atoms with Crippen LogP contribution in [0.1, 0.15) is 361 Å². The zero-order valence-corrected chi connectivity index (χ0v) is 59.1. The van der Waals surface area contributed by atoms with Crippen molar-refractivity contribution in [2.24, 2.45) is 0 Å². The van der Waals surface area contributed by atoms with Crippen LogP contribution >= 0.6 is 0 Å². The van der Waals surface area contributed by atoms with E-state index in [4.69, 9.17) is 9.47 Å². The quantitative estimate of drug-likeness (QED) is 0.0373. The summed E-state index contributed by atoms with van der Waals surface area (Å²) < 4.78 is 10.8. The smallest absolute Gasteiger partial charge is 0.306 e. The summed E-state index contributed by atoms with van der Waals surface area (Å²) in [5.41, 5.74) is 0. The van der Waals surface area contributed by atoms with Gasteiger partial charge in [-0.3, -0.25) is 9.59 Å². The van der Waals surface area contributed by atoms with Gasteiger partial charge in [0.25, 0.3) is 0 Å². The Labute approximate surface area is 558 Å². The van der Waals surface area contributed by atoms with Gasteiger partial charge >= 0.3 is 11.9 Å². The summed E-state index contributed by atoms with van der Waals surface area (Å²) in [5.74, 6) is -0.615. The van der Waals surface area contributed by atoms with Gasteiger partial charge in [-0.15, -0.1) is 0 Å². The van der Waals surface area contributed by atoms with Crippen molar-refractivity contribution in [1.82, 2.24) is 0 Å². The lowest BCUT2D eigenvalue weighted by molar-refractivity contribution is -0.161. The molecule has 0 spiro atoms. The first-order valence-corrected chi connectivity index (χ1v) is 38.4. The molecule has 0 rings (SSSR count). The molecule has 0 aromatic rings. The molecule has 0 bridgehead atoms. The monoisotopic (exact) mass is 1250 g/mol. The fraction of sp³-hybridized carbons (Fsp3) is 0.694. The molecule has 1 atom stereocenters. The second-order valence-electron chi connectivity index (χ2n) is 25.4. The van der Waals surface area contributed by atoms with Gasteiger partial charge in [-0.05, 0) is 103 Å². The summed E-state index contributed by atoms with van der Waals surface area (Å²) in [7, 11) is 0.